The van der Waals surface area contributed by atoms with Crippen LogP contribution in [-0.2, 0) is 21.5 Å². The van der Waals surface area contributed by atoms with Crippen LogP contribution in [0.1, 0.15) is 16.1 Å². The maximum absolute atomic E-state index is 11.9. The molecule has 0 fully saturated rings. The van der Waals surface area contributed by atoms with Gasteiger partial charge in [0, 0.05) is 0 Å². The van der Waals surface area contributed by atoms with E-state index in [1.165, 1.54) is 0 Å². The van der Waals surface area contributed by atoms with Crippen LogP contribution in [0.15, 0.2) is 40.1 Å². The molecule has 0 aliphatic carbocycles. The molecule has 0 atom stereocenters. The van der Waals surface area contributed by atoms with E-state index >= 15 is 0 Å². The molecule has 1 aromatic heterocycles. The first-order chi connectivity index (χ1) is 9.50. The molecule has 0 saturated carbocycles. The highest BCUT2D eigenvalue weighted by molar-refractivity contribution is 7.91. The summed E-state index contributed by atoms with van der Waals surface area (Å²) in [5.74, 6) is -1.41. The third-order valence-corrected chi connectivity index (χ3v) is 4.82. The number of carboxylic acid groups (broad SMARTS) is 1. The monoisotopic (exact) mass is 314 g/mol. The van der Waals surface area contributed by atoms with Crippen LogP contribution in [0, 0.1) is 0 Å². The fourth-order valence-electron chi connectivity index (χ4n) is 1.37. The molecule has 1 aromatic carbocycles. The zero-order valence-electron chi connectivity index (χ0n) is 10.0. The summed E-state index contributed by atoms with van der Waals surface area (Å²) in [6.45, 7) is 0.0290. The smallest absolute Gasteiger partial charge is 0.356 e. The highest BCUT2D eigenvalue weighted by atomic mass is 32.2. The number of rotatable bonds is 6. The van der Waals surface area contributed by atoms with Crippen molar-refractivity contribution < 1.29 is 23.2 Å². The van der Waals surface area contributed by atoms with Gasteiger partial charge in [0.15, 0.2) is 9.90 Å². The minimum atomic E-state index is -4.06. The van der Waals surface area contributed by atoms with Crippen LogP contribution in [0.5, 0.6) is 0 Å². The summed E-state index contributed by atoms with van der Waals surface area (Å²) in [6, 6.07) is 8.94. The van der Waals surface area contributed by atoms with Crippen molar-refractivity contribution in [2.75, 3.05) is 0 Å². The van der Waals surface area contributed by atoms with E-state index in [2.05, 4.69) is 4.98 Å². The summed E-state index contributed by atoms with van der Waals surface area (Å²) in [7, 11) is -4.06. The summed E-state index contributed by atoms with van der Waals surface area (Å²) in [6.07, 6.45) is 0. The molecule has 0 bridgehead atoms. The summed E-state index contributed by atoms with van der Waals surface area (Å²) < 4.78 is 23.4. The van der Waals surface area contributed by atoms with E-state index in [1.54, 1.807) is 24.3 Å². The molecule has 1 heterocycles. The van der Waals surface area contributed by atoms with Crippen LogP contribution in [0.25, 0.3) is 0 Å². The second-order valence-corrected chi connectivity index (χ2v) is 6.35. The van der Waals surface area contributed by atoms with E-state index in [0.29, 0.717) is 11.3 Å². The number of sulfonamides is 1. The van der Waals surface area contributed by atoms with Crippen molar-refractivity contribution in [1.29, 1.82) is 0 Å². The third kappa shape index (κ3) is 3.39. The van der Waals surface area contributed by atoms with Crippen molar-refractivity contribution >= 4 is 27.3 Å². The van der Waals surface area contributed by atoms with Gasteiger partial charge >= 0.3 is 5.97 Å². The first-order valence-electron chi connectivity index (χ1n) is 5.35. The standard InChI is InChI=1S/C11H10N2O5S2/c14-10(15)9-11(19-7-12-9)20(16,17)13-18-6-8-4-2-1-3-5-8/h1-5,7,13H,6H2,(H,14,15). The Balaban J connectivity index is 2.04. The lowest BCUT2D eigenvalue weighted by molar-refractivity contribution is 0.0684. The second-order valence-electron chi connectivity index (χ2n) is 3.65. The Hall–Kier alpha value is -1.81. The zero-order chi connectivity index (χ0) is 14.6. The molecule has 2 rings (SSSR count). The number of thiazole rings is 1. The lowest BCUT2D eigenvalue weighted by atomic mass is 10.2. The molecule has 9 heteroatoms. The largest absolute Gasteiger partial charge is 0.476 e. The van der Waals surface area contributed by atoms with Crippen molar-refractivity contribution in [2.45, 2.75) is 10.8 Å². The maximum atomic E-state index is 11.9. The van der Waals surface area contributed by atoms with E-state index in [4.69, 9.17) is 9.94 Å². The van der Waals surface area contributed by atoms with Gasteiger partial charge in [-0.1, -0.05) is 35.2 Å². The molecular weight excluding hydrogens is 304 g/mol. The fraction of sp³-hybridized carbons (Fsp3) is 0.0909. The molecule has 0 aliphatic heterocycles. The van der Waals surface area contributed by atoms with Gasteiger partial charge in [0.25, 0.3) is 10.0 Å². The van der Waals surface area contributed by atoms with Crippen molar-refractivity contribution in [3.63, 3.8) is 0 Å². The van der Waals surface area contributed by atoms with E-state index in [1.807, 2.05) is 11.0 Å². The van der Waals surface area contributed by atoms with Crippen LogP contribution >= 0.6 is 11.3 Å². The highest BCUT2D eigenvalue weighted by Crippen LogP contribution is 2.19. The molecular formula is C11H10N2O5S2. The van der Waals surface area contributed by atoms with E-state index in [0.717, 1.165) is 11.1 Å². The molecule has 0 saturated heterocycles. The molecule has 106 valence electrons. The topological polar surface area (TPSA) is 106 Å². The van der Waals surface area contributed by atoms with Gasteiger partial charge in [0.2, 0.25) is 0 Å². The summed E-state index contributed by atoms with van der Waals surface area (Å²) in [5, 5.41) is 8.83. The summed E-state index contributed by atoms with van der Waals surface area (Å²) >= 11 is 0.709. The summed E-state index contributed by atoms with van der Waals surface area (Å²) in [4.78, 5) is 21.1. The average Bonchev–Trinajstić information content (AvgIpc) is 2.90. The Morgan fingerprint density at radius 1 is 1.35 bits per heavy atom. The summed E-state index contributed by atoms with van der Waals surface area (Å²) in [5.41, 5.74) is 1.40. The number of aromatic nitrogens is 1. The minimum absolute atomic E-state index is 0.0290. The zero-order valence-corrected chi connectivity index (χ0v) is 11.6. The molecule has 0 unspecified atom stereocenters. The number of nitrogens with one attached hydrogen (secondary N) is 1. The second kappa shape index (κ2) is 6.09. The van der Waals surface area contributed by atoms with Gasteiger partial charge in [-0.2, -0.15) is 0 Å². The van der Waals surface area contributed by atoms with E-state index in [-0.39, 0.29) is 6.61 Å². The van der Waals surface area contributed by atoms with E-state index in [9.17, 15) is 13.2 Å². The molecule has 0 spiro atoms. The number of benzene rings is 1. The Morgan fingerprint density at radius 3 is 2.70 bits per heavy atom. The molecule has 0 amide bonds. The van der Waals surface area contributed by atoms with Crippen molar-refractivity contribution in [2.24, 2.45) is 0 Å². The van der Waals surface area contributed by atoms with Gasteiger partial charge in [0.1, 0.15) is 0 Å². The Morgan fingerprint density at radius 2 is 2.05 bits per heavy atom. The predicted molar refractivity (Wildman–Crippen MR) is 70.6 cm³/mol. The van der Waals surface area contributed by atoms with Gasteiger partial charge in [-0.05, 0) is 5.56 Å². The number of aromatic carboxylic acids is 1. The number of carboxylic acids is 1. The lowest BCUT2D eigenvalue weighted by Crippen LogP contribution is -2.24. The van der Waals surface area contributed by atoms with Crippen LogP contribution in [-0.4, -0.2) is 24.5 Å². The quantitative estimate of drug-likeness (QED) is 0.777. The molecule has 0 aliphatic rings. The normalized spacial score (nSPS) is 11.4. The van der Waals surface area contributed by atoms with Gasteiger partial charge in [-0.15, -0.1) is 11.3 Å². The highest BCUT2D eigenvalue weighted by Gasteiger charge is 2.25. The Labute approximate surface area is 118 Å². The van der Waals surface area contributed by atoms with Gasteiger partial charge in [-0.3, -0.25) is 4.84 Å². The van der Waals surface area contributed by atoms with Crippen LogP contribution in [0.2, 0.25) is 0 Å². The van der Waals surface area contributed by atoms with Crippen molar-refractivity contribution in [1.82, 2.24) is 9.87 Å². The third-order valence-electron chi connectivity index (χ3n) is 2.23. The molecule has 2 N–H and O–H groups in total. The van der Waals surface area contributed by atoms with Crippen LogP contribution in [0.3, 0.4) is 0 Å². The lowest BCUT2D eigenvalue weighted by Gasteiger charge is -2.06. The van der Waals surface area contributed by atoms with Gasteiger partial charge in [-0.25, -0.2) is 18.2 Å². The van der Waals surface area contributed by atoms with Gasteiger partial charge in [0.05, 0.1) is 12.1 Å². The van der Waals surface area contributed by atoms with Crippen LogP contribution in [0.4, 0.5) is 0 Å². The first-order valence-corrected chi connectivity index (χ1v) is 7.71. The minimum Gasteiger partial charge on any atom is -0.476 e. The Kier molecular flexibility index (Phi) is 4.45. The number of nitrogens with zero attached hydrogens (tertiary/aromatic N) is 1. The predicted octanol–water partition coefficient (Wildman–Crippen LogP) is 1.25. The SMILES string of the molecule is O=C(O)c1ncsc1S(=O)(=O)NOCc1ccccc1. The molecule has 0 radical (unpaired) electrons. The number of carbonyl (C=O) groups is 1. The number of hydrogen-bond donors (Lipinski definition) is 2. The fourth-order valence-corrected chi connectivity index (χ4v) is 3.30. The number of hydrogen-bond acceptors (Lipinski definition) is 6. The first kappa shape index (κ1) is 14.6. The molecule has 20 heavy (non-hydrogen) atoms. The van der Waals surface area contributed by atoms with Crippen molar-refractivity contribution in [3.8, 4) is 0 Å². The maximum Gasteiger partial charge on any atom is 0.356 e. The van der Waals surface area contributed by atoms with Crippen LogP contribution < -0.4 is 4.89 Å². The van der Waals surface area contributed by atoms with E-state index < -0.39 is 25.9 Å². The molecule has 2 aromatic rings. The van der Waals surface area contributed by atoms with Gasteiger partial charge < -0.3 is 5.11 Å². The Bertz CT molecular complexity index is 697. The average molecular weight is 314 g/mol. The molecule has 7 nitrogen and oxygen atoms in total. The van der Waals surface area contributed by atoms with Crippen molar-refractivity contribution in [3.05, 3.63) is 47.1 Å².